The van der Waals surface area contributed by atoms with Gasteiger partial charge in [-0.25, -0.2) is 0 Å². The first-order chi connectivity index (χ1) is 13.5. The smallest absolute Gasteiger partial charge is 0.264 e. The van der Waals surface area contributed by atoms with Gasteiger partial charge in [-0.05, 0) is 76.8 Å². The van der Waals surface area contributed by atoms with E-state index in [1.807, 2.05) is 22.6 Å². The molecule has 2 aromatic heterocycles. The summed E-state index contributed by atoms with van der Waals surface area (Å²) in [6.07, 6.45) is 5.11. The Morgan fingerprint density at radius 2 is 2.14 bits per heavy atom. The maximum Gasteiger partial charge on any atom is 0.264 e. The number of hydrogen-bond acceptors (Lipinski definition) is 6. The standard InChI is InChI=1S/C19H21IN6OS/c1-28-11-3-2-10-9-19(14(21)12(10)8-11)4-6-26(7-5-19)18-22-16-13(17(27)23-18)15(20)24-25-16/h2-3,8,14H,4-7,9,21H2,1H3,(H2,22,23,24,25,27)/t14-/m1/s1. The van der Waals surface area contributed by atoms with E-state index in [9.17, 15) is 4.79 Å². The first-order valence-electron chi connectivity index (χ1n) is 9.32. The van der Waals surface area contributed by atoms with Crippen molar-refractivity contribution in [1.29, 1.82) is 0 Å². The van der Waals surface area contributed by atoms with Crippen molar-refractivity contribution in [3.8, 4) is 0 Å². The van der Waals surface area contributed by atoms with Gasteiger partial charge in [-0.2, -0.15) is 10.1 Å². The van der Waals surface area contributed by atoms with Crippen molar-refractivity contribution in [2.24, 2.45) is 11.1 Å². The molecule has 0 amide bonds. The van der Waals surface area contributed by atoms with Crippen LogP contribution in [0.1, 0.15) is 30.0 Å². The number of piperidine rings is 1. The first kappa shape index (κ1) is 18.4. The van der Waals surface area contributed by atoms with Gasteiger partial charge in [0.05, 0.1) is 0 Å². The Kier molecular flexibility index (Phi) is 4.44. The van der Waals surface area contributed by atoms with Crippen LogP contribution in [0.3, 0.4) is 0 Å². The fourth-order valence-corrected chi connectivity index (χ4v) is 5.73. The maximum absolute atomic E-state index is 12.4. The highest BCUT2D eigenvalue weighted by Crippen LogP contribution is 2.51. The molecule has 1 aromatic carbocycles. The van der Waals surface area contributed by atoms with Gasteiger partial charge in [0, 0.05) is 24.0 Å². The van der Waals surface area contributed by atoms with E-state index in [-0.39, 0.29) is 17.0 Å². The molecule has 3 aromatic rings. The Labute approximate surface area is 180 Å². The number of nitrogens with one attached hydrogen (secondary N) is 2. The summed E-state index contributed by atoms with van der Waals surface area (Å²) in [6, 6.07) is 6.77. The quantitative estimate of drug-likeness (QED) is 0.364. The van der Waals surface area contributed by atoms with E-state index in [1.54, 1.807) is 11.8 Å². The summed E-state index contributed by atoms with van der Waals surface area (Å²) in [7, 11) is 0. The molecule has 7 nitrogen and oxygen atoms in total. The van der Waals surface area contributed by atoms with Crippen LogP contribution < -0.4 is 16.2 Å². The zero-order valence-electron chi connectivity index (χ0n) is 15.5. The van der Waals surface area contributed by atoms with Crippen molar-refractivity contribution in [1.82, 2.24) is 20.2 Å². The number of rotatable bonds is 2. The second-order valence-electron chi connectivity index (χ2n) is 7.70. The van der Waals surface area contributed by atoms with Crippen LogP contribution in [0.2, 0.25) is 0 Å². The normalized spacial score (nSPS) is 20.8. The number of benzene rings is 1. The monoisotopic (exact) mass is 508 g/mol. The van der Waals surface area contributed by atoms with Crippen LogP contribution in [0.25, 0.3) is 11.0 Å². The topological polar surface area (TPSA) is 104 Å². The molecule has 1 saturated heterocycles. The number of nitrogens with zero attached hydrogens (tertiary/aromatic N) is 3. The number of nitrogens with two attached hydrogens (primary N) is 1. The van der Waals surface area contributed by atoms with E-state index < -0.39 is 0 Å². The van der Waals surface area contributed by atoms with Crippen LogP contribution in [0.5, 0.6) is 0 Å². The number of H-pyrrole nitrogens is 2. The molecule has 2 aliphatic rings. The number of aromatic nitrogens is 4. The largest absolute Gasteiger partial charge is 0.342 e. The summed E-state index contributed by atoms with van der Waals surface area (Å²) in [4.78, 5) is 23.4. The fraction of sp³-hybridized carbons (Fsp3) is 0.421. The van der Waals surface area contributed by atoms with Gasteiger partial charge < -0.3 is 10.6 Å². The number of anilines is 1. The van der Waals surface area contributed by atoms with E-state index in [4.69, 9.17) is 5.73 Å². The first-order valence-corrected chi connectivity index (χ1v) is 11.6. The molecule has 1 aliphatic carbocycles. The average molecular weight is 508 g/mol. The van der Waals surface area contributed by atoms with E-state index in [0.29, 0.717) is 20.7 Å². The number of thioether (sulfide) groups is 1. The second-order valence-corrected chi connectivity index (χ2v) is 9.60. The molecule has 3 heterocycles. The summed E-state index contributed by atoms with van der Waals surface area (Å²) < 4.78 is 0.643. The van der Waals surface area contributed by atoms with Gasteiger partial charge in [0.15, 0.2) is 5.65 Å². The highest BCUT2D eigenvalue weighted by Gasteiger charge is 2.46. The van der Waals surface area contributed by atoms with Crippen LogP contribution in [0.4, 0.5) is 5.95 Å². The molecule has 0 saturated carbocycles. The third-order valence-corrected chi connectivity index (χ3v) is 7.83. The molecule has 0 bridgehead atoms. The van der Waals surface area contributed by atoms with Crippen molar-refractivity contribution in [2.45, 2.75) is 30.2 Å². The highest BCUT2D eigenvalue weighted by molar-refractivity contribution is 14.1. The van der Waals surface area contributed by atoms with E-state index in [2.05, 4.69) is 49.5 Å². The Morgan fingerprint density at radius 3 is 2.89 bits per heavy atom. The molecule has 28 heavy (non-hydrogen) atoms. The average Bonchev–Trinajstić information content (AvgIpc) is 3.21. The zero-order valence-corrected chi connectivity index (χ0v) is 18.4. The fourth-order valence-electron chi connectivity index (χ4n) is 4.66. The molecule has 0 unspecified atom stereocenters. The molecule has 9 heteroatoms. The van der Waals surface area contributed by atoms with E-state index >= 15 is 0 Å². The highest BCUT2D eigenvalue weighted by atomic mass is 127. The van der Waals surface area contributed by atoms with Crippen LogP contribution in [-0.4, -0.2) is 39.5 Å². The molecule has 1 fully saturated rings. The number of hydrogen-bond donors (Lipinski definition) is 3. The van der Waals surface area contributed by atoms with Gasteiger partial charge in [-0.1, -0.05) is 6.07 Å². The lowest BCUT2D eigenvalue weighted by atomic mass is 9.73. The van der Waals surface area contributed by atoms with Gasteiger partial charge in [-0.3, -0.25) is 14.9 Å². The molecule has 1 aliphatic heterocycles. The Morgan fingerprint density at radius 1 is 1.36 bits per heavy atom. The third-order valence-electron chi connectivity index (χ3n) is 6.32. The van der Waals surface area contributed by atoms with Crippen molar-refractivity contribution in [2.75, 3.05) is 24.2 Å². The summed E-state index contributed by atoms with van der Waals surface area (Å²) in [5, 5.41) is 7.46. The Bertz CT molecular complexity index is 1120. The minimum absolute atomic E-state index is 0.0698. The van der Waals surface area contributed by atoms with E-state index in [1.165, 1.54) is 16.0 Å². The molecule has 1 atom stereocenters. The number of aromatic amines is 2. The predicted octanol–water partition coefficient (Wildman–Crippen LogP) is 2.82. The van der Waals surface area contributed by atoms with Crippen molar-refractivity contribution in [3.63, 3.8) is 0 Å². The summed E-state index contributed by atoms with van der Waals surface area (Å²) in [5.41, 5.74) is 9.94. The number of halogens is 1. The van der Waals surface area contributed by atoms with Crippen molar-refractivity contribution < 1.29 is 0 Å². The summed E-state index contributed by atoms with van der Waals surface area (Å²) >= 11 is 3.80. The van der Waals surface area contributed by atoms with E-state index in [0.717, 1.165) is 32.4 Å². The second kappa shape index (κ2) is 6.74. The lowest BCUT2D eigenvalue weighted by Crippen LogP contribution is -2.45. The minimum Gasteiger partial charge on any atom is -0.342 e. The lowest BCUT2D eigenvalue weighted by molar-refractivity contribution is 0.187. The van der Waals surface area contributed by atoms with Gasteiger partial charge in [0.2, 0.25) is 5.95 Å². The molecular weight excluding hydrogens is 487 g/mol. The van der Waals surface area contributed by atoms with Gasteiger partial charge in [-0.15, -0.1) is 11.8 Å². The SMILES string of the molecule is CSc1ccc2c(c1)[C@@H](N)C1(CCN(c3nc4[nH]nc(I)c4c(=O)[nH]3)CC1)C2. The van der Waals surface area contributed by atoms with Crippen LogP contribution in [0.15, 0.2) is 27.9 Å². The lowest BCUT2D eigenvalue weighted by Gasteiger charge is -2.42. The molecule has 1 spiro atoms. The zero-order chi connectivity index (χ0) is 19.5. The molecule has 4 N–H and O–H groups in total. The van der Waals surface area contributed by atoms with Crippen molar-refractivity contribution >= 4 is 51.3 Å². The van der Waals surface area contributed by atoms with Crippen LogP contribution in [-0.2, 0) is 6.42 Å². The summed E-state index contributed by atoms with van der Waals surface area (Å²) in [5.74, 6) is 0.612. The molecule has 146 valence electrons. The predicted molar refractivity (Wildman–Crippen MR) is 120 cm³/mol. The van der Waals surface area contributed by atoms with Crippen molar-refractivity contribution in [3.05, 3.63) is 43.4 Å². The Hall–Kier alpha value is -1.59. The Balaban J connectivity index is 1.39. The minimum atomic E-state index is -0.145. The molecule has 5 rings (SSSR count). The van der Waals surface area contributed by atoms with Crippen LogP contribution >= 0.6 is 34.4 Å². The van der Waals surface area contributed by atoms with Crippen LogP contribution in [0, 0.1) is 9.12 Å². The van der Waals surface area contributed by atoms with Gasteiger partial charge in [0.25, 0.3) is 5.56 Å². The van der Waals surface area contributed by atoms with Gasteiger partial charge >= 0.3 is 0 Å². The van der Waals surface area contributed by atoms with Gasteiger partial charge in [0.1, 0.15) is 9.09 Å². The molecular formula is C19H21IN6OS. The summed E-state index contributed by atoms with van der Waals surface area (Å²) in [6.45, 7) is 1.66. The number of fused-ring (bicyclic) bond motifs is 2. The maximum atomic E-state index is 12.4. The third kappa shape index (κ3) is 2.78. The molecule has 0 radical (unpaired) electrons.